The highest BCUT2D eigenvalue weighted by molar-refractivity contribution is 7.14. The van der Waals surface area contributed by atoms with Gasteiger partial charge in [0.15, 0.2) is 16.6 Å². The van der Waals surface area contributed by atoms with E-state index in [0.29, 0.717) is 23.1 Å². The van der Waals surface area contributed by atoms with Crippen LogP contribution in [0.25, 0.3) is 0 Å². The third-order valence-electron chi connectivity index (χ3n) is 3.90. The van der Waals surface area contributed by atoms with Gasteiger partial charge in [-0.25, -0.2) is 4.98 Å². The monoisotopic (exact) mass is 367 g/mol. The number of fused-ring (bicyclic) bond motifs is 1. The van der Waals surface area contributed by atoms with Crippen LogP contribution in [0, 0.1) is 0 Å². The minimum atomic E-state index is -0.170. The maximum absolute atomic E-state index is 12.2. The SMILES string of the molecule is O=C(NCCc1ccccc1)c1csc(Nc2ccc3c(c2)OCO3)n1. The third-order valence-corrected chi connectivity index (χ3v) is 4.66. The molecule has 0 atom stereocenters. The zero-order valence-electron chi connectivity index (χ0n) is 13.9. The fraction of sp³-hybridized carbons (Fsp3) is 0.158. The van der Waals surface area contributed by atoms with Gasteiger partial charge in [0.1, 0.15) is 5.69 Å². The summed E-state index contributed by atoms with van der Waals surface area (Å²) in [6.45, 7) is 0.814. The molecular formula is C19H17N3O3S. The van der Waals surface area contributed by atoms with Crippen molar-refractivity contribution < 1.29 is 14.3 Å². The molecule has 0 saturated carbocycles. The van der Waals surface area contributed by atoms with E-state index in [0.717, 1.165) is 17.9 Å². The molecular weight excluding hydrogens is 350 g/mol. The summed E-state index contributed by atoms with van der Waals surface area (Å²) in [4.78, 5) is 16.6. The Kier molecular flexibility index (Phi) is 4.70. The predicted octanol–water partition coefficient (Wildman–Crippen LogP) is 3.59. The molecule has 2 N–H and O–H groups in total. The van der Waals surface area contributed by atoms with Crippen molar-refractivity contribution in [2.24, 2.45) is 0 Å². The Hall–Kier alpha value is -3.06. The molecule has 0 aliphatic carbocycles. The van der Waals surface area contributed by atoms with E-state index in [1.807, 2.05) is 48.5 Å². The van der Waals surface area contributed by atoms with E-state index in [9.17, 15) is 4.79 Å². The van der Waals surface area contributed by atoms with E-state index >= 15 is 0 Å². The summed E-state index contributed by atoms with van der Waals surface area (Å²) < 4.78 is 10.7. The Labute approximate surface area is 154 Å². The van der Waals surface area contributed by atoms with Crippen LogP contribution in [-0.2, 0) is 6.42 Å². The van der Waals surface area contributed by atoms with E-state index in [2.05, 4.69) is 15.6 Å². The second-order valence-corrected chi connectivity index (χ2v) is 6.58. The number of amides is 1. The minimum absolute atomic E-state index is 0.170. The van der Waals surface area contributed by atoms with Crippen LogP contribution in [0.5, 0.6) is 11.5 Å². The van der Waals surface area contributed by atoms with Gasteiger partial charge in [0.2, 0.25) is 6.79 Å². The van der Waals surface area contributed by atoms with Crippen LogP contribution in [0.15, 0.2) is 53.9 Å². The zero-order chi connectivity index (χ0) is 17.8. The van der Waals surface area contributed by atoms with E-state index in [4.69, 9.17) is 9.47 Å². The highest BCUT2D eigenvalue weighted by Crippen LogP contribution is 2.35. The molecule has 0 radical (unpaired) electrons. The molecule has 1 amide bonds. The van der Waals surface area contributed by atoms with Crippen molar-refractivity contribution in [1.29, 1.82) is 0 Å². The van der Waals surface area contributed by atoms with E-state index in [1.54, 1.807) is 5.38 Å². The fourth-order valence-electron chi connectivity index (χ4n) is 2.59. The molecule has 2 heterocycles. The first-order valence-electron chi connectivity index (χ1n) is 8.22. The van der Waals surface area contributed by atoms with Crippen LogP contribution in [0.4, 0.5) is 10.8 Å². The second-order valence-electron chi connectivity index (χ2n) is 5.72. The summed E-state index contributed by atoms with van der Waals surface area (Å²) in [5.41, 5.74) is 2.43. The van der Waals surface area contributed by atoms with Crippen molar-refractivity contribution in [3.8, 4) is 11.5 Å². The number of carbonyl (C=O) groups is 1. The average molecular weight is 367 g/mol. The summed E-state index contributed by atoms with van der Waals surface area (Å²) >= 11 is 1.38. The lowest BCUT2D eigenvalue weighted by atomic mass is 10.1. The fourth-order valence-corrected chi connectivity index (χ4v) is 3.30. The Morgan fingerprint density at radius 1 is 1.12 bits per heavy atom. The molecule has 4 rings (SSSR count). The maximum Gasteiger partial charge on any atom is 0.270 e. The van der Waals surface area contributed by atoms with Crippen molar-refractivity contribution in [3.63, 3.8) is 0 Å². The summed E-state index contributed by atoms with van der Waals surface area (Å²) in [6, 6.07) is 15.6. The summed E-state index contributed by atoms with van der Waals surface area (Å²) in [5.74, 6) is 1.26. The topological polar surface area (TPSA) is 72.5 Å². The molecule has 0 unspecified atom stereocenters. The van der Waals surface area contributed by atoms with Gasteiger partial charge in [0.05, 0.1) is 0 Å². The predicted molar refractivity (Wildman–Crippen MR) is 100 cm³/mol. The van der Waals surface area contributed by atoms with Crippen molar-refractivity contribution in [1.82, 2.24) is 10.3 Å². The third kappa shape index (κ3) is 3.78. The Morgan fingerprint density at radius 3 is 2.85 bits per heavy atom. The van der Waals surface area contributed by atoms with E-state index in [-0.39, 0.29) is 12.7 Å². The molecule has 0 spiro atoms. The summed E-state index contributed by atoms with van der Waals surface area (Å²) in [7, 11) is 0. The molecule has 1 aliphatic rings. The van der Waals surface area contributed by atoms with E-state index < -0.39 is 0 Å². The molecule has 0 bridgehead atoms. The number of aromatic nitrogens is 1. The maximum atomic E-state index is 12.2. The lowest BCUT2D eigenvalue weighted by Gasteiger charge is -2.04. The summed E-state index contributed by atoms with van der Waals surface area (Å²) in [5, 5.41) is 8.48. The number of benzene rings is 2. The van der Waals surface area contributed by atoms with Crippen molar-refractivity contribution in [2.75, 3.05) is 18.7 Å². The van der Waals surface area contributed by atoms with Gasteiger partial charge in [-0.15, -0.1) is 11.3 Å². The molecule has 1 aliphatic heterocycles. The number of nitrogens with one attached hydrogen (secondary N) is 2. The van der Waals surface area contributed by atoms with Gasteiger partial charge in [0, 0.05) is 23.7 Å². The lowest BCUT2D eigenvalue weighted by molar-refractivity contribution is 0.0950. The number of rotatable bonds is 6. The van der Waals surface area contributed by atoms with Crippen LogP contribution in [0.1, 0.15) is 16.1 Å². The highest BCUT2D eigenvalue weighted by atomic mass is 32.1. The van der Waals surface area contributed by atoms with Crippen LogP contribution >= 0.6 is 11.3 Å². The highest BCUT2D eigenvalue weighted by Gasteiger charge is 2.14. The molecule has 132 valence electrons. The zero-order valence-corrected chi connectivity index (χ0v) is 14.7. The Morgan fingerprint density at radius 2 is 1.96 bits per heavy atom. The number of ether oxygens (including phenoxy) is 2. The van der Waals surface area contributed by atoms with Crippen molar-refractivity contribution in [3.05, 3.63) is 65.2 Å². The first-order valence-corrected chi connectivity index (χ1v) is 9.10. The Bertz CT molecular complexity index is 911. The lowest BCUT2D eigenvalue weighted by Crippen LogP contribution is -2.25. The first-order chi connectivity index (χ1) is 12.8. The normalized spacial score (nSPS) is 12.0. The van der Waals surface area contributed by atoms with Gasteiger partial charge in [-0.2, -0.15) is 0 Å². The van der Waals surface area contributed by atoms with Crippen LogP contribution in [0.3, 0.4) is 0 Å². The van der Waals surface area contributed by atoms with Crippen LogP contribution < -0.4 is 20.1 Å². The minimum Gasteiger partial charge on any atom is -0.454 e. The number of nitrogens with zero attached hydrogens (tertiary/aromatic N) is 1. The molecule has 7 heteroatoms. The molecule has 0 fully saturated rings. The molecule has 0 saturated heterocycles. The first kappa shape index (κ1) is 16.4. The molecule has 2 aromatic carbocycles. The smallest absolute Gasteiger partial charge is 0.270 e. The van der Waals surface area contributed by atoms with Crippen molar-refractivity contribution >= 4 is 28.1 Å². The molecule has 3 aromatic rings. The number of anilines is 2. The van der Waals surface area contributed by atoms with Crippen LogP contribution in [-0.4, -0.2) is 24.2 Å². The Balaban J connectivity index is 1.33. The number of hydrogen-bond acceptors (Lipinski definition) is 6. The van der Waals surface area contributed by atoms with Gasteiger partial charge in [-0.05, 0) is 24.1 Å². The summed E-state index contributed by atoms with van der Waals surface area (Å²) in [6.07, 6.45) is 0.791. The van der Waals surface area contributed by atoms with Gasteiger partial charge in [-0.3, -0.25) is 4.79 Å². The number of thiazole rings is 1. The number of hydrogen-bond donors (Lipinski definition) is 2. The van der Waals surface area contributed by atoms with Gasteiger partial charge < -0.3 is 20.1 Å². The number of carbonyl (C=O) groups excluding carboxylic acids is 1. The van der Waals surface area contributed by atoms with E-state index in [1.165, 1.54) is 16.9 Å². The van der Waals surface area contributed by atoms with Crippen molar-refractivity contribution in [2.45, 2.75) is 6.42 Å². The quantitative estimate of drug-likeness (QED) is 0.697. The molecule has 1 aromatic heterocycles. The molecule has 26 heavy (non-hydrogen) atoms. The second kappa shape index (κ2) is 7.45. The van der Waals surface area contributed by atoms with Gasteiger partial charge in [-0.1, -0.05) is 30.3 Å². The molecule has 6 nitrogen and oxygen atoms in total. The van der Waals surface area contributed by atoms with Gasteiger partial charge >= 0.3 is 0 Å². The van der Waals surface area contributed by atoms with Crippen LogP contribution in [0.2, 0.25) is 0 Å². The van der Waals surface area contributed by atoms with Gasteiger partial charge in [0.25, 0.3) is 5.91 Å². The largest absolute Gasteiger partial charge is 0.454 e. The average Bonchev–Trinajstić information content (AvgIpc) is 3.31. The standard InChI is InChI=1S/C19H17N3O3S/c23-18(20-9-8-13-4-2-1-3-5-13)15-11-26-19(22-15)21-14-6-7-16-17(10-14)25-12-24-16/h1-7,10-11H,8-9,12H2,(H,20,23)(H,21,22).